The maximum atomic E-state index is 9.78. The number of ether oxygens (including phenoxy) is 1. The van der Waals surface area contributed by atoms with Crippen LogP contribution in [-0.2, 0) is 0 Å². The second-order valence-corrected chi connectivity index (χ2v) is 7.44. The highest BCUT2D eigenvalue weighted by atomic mass is 127. The monoisotopic (exact) mass is 587 g/mol. The number of halogens is 3. The fraction of sp³-hybridized carbons (Fsp3) is 0.500. The Balaban J connectivity index is 2.48. The van der Waals surface area contributed by atoms with Crippen LogP contribution in [0.3, 0.4) is 0 Å². The van der Waals surface area contributed by atoms with Gasteiger partial charge in [-0.1, -0.05) is 6.92 Å². The highest BCUT2D eigenvalue weighted by Crippen LogP contribution is 2.29. The Kier molecular flexibility index (Phi) is 8.72. The van der Waals surface area contributed by atoms with Crippen molar-refractivity contribution >= 4 is 67.8 Å². The van der Waals surface area contributed by atoms with Crippen LogP contribution < -0.4 is 10.1 Å². The van der Waals surface area contributed by atoms with Crippen molar-refractivity contribution in [3.8, 4) is 5.75 Å². The van der Waals surface area contributed by atoms with Gasteiger partial charge in [-0.2, -0.15) is 0 Å². The lowest BCUT2D eigenvalue weighted by Crippen LogP contribution is -2.32. The highest BCUT2D eigenvalue weighted by Gasteiger charge is 2.10. The van der Waals surface area contributed by atoms with Crippen molar-refractivity contribution in [1.29, 1.82) is 0 Å². The molecule has 0 aliphatic rings. The third-order valence-corrected chi connectivity index (χ3v) is 4.42. The number of hydrogen-bond acceptors (Lipinski definition) is 3. The quantitative estimate of drug-likeness (QED) is 0.381. The summed E-state index contributed by atoms with van der Waals surface area (Å²) in [6.45, 7) is 3.93. The molecule has 0 bridgehead atoms. The average Bonchev–Trinajstić information content (AvgIpc) is 2.27. The number of hydrogen-bond donors (Lipinski definition) is 2. The molecule has 0 aliphatic heterocycles. The fourth-order valence-corrected chi connectivity index (χ4v) is 5.24. The maximum Gasteiger partial charge on any atom is 0.146 e. The van der Waals surface area contributed by atoms with Crippen LogP contribution in [0.25, 0.3) is 0 Å². The Bertz CT molecular complexity index is 365. The molecule has 1 unspecified atom stereocenters. The van der Waals surface area contributed by atoms with E-state index in [1.54, 1.807) is 0 Å². The first-order chi connectivity index (χ1) is 8.54. The van der Waals surface area contributed by atoms with Gasteiger partial charge in [0.1, 0.15) is 18.5 Å². The minimum Gasteiger partial charge on any atom is -0.489 e. The summed E-state index contributed by atoms with van der Waals surface area (Å²) < 4.78 is 9.06. The minimum atomic E-state index is -0.470. The molecular weight excluding hydrogens is 571 g/mol. The Hall–Kier alpha value is 1.13. The summed E-state index contributed by atoms with van der Waals surface area (Å²) in [5, 5.41) is 13.0. The van der Waals surface area contributed by atoms with E-state index in [0.29, 0.717) is 13.2 Å². The Morgan fingerprint density at radius 1 is 1.28 bits per heavy atom. The van der Waals surface area contributed by atoms with E-state index in [0.717, 1.165) is 25.9 Å². The van der Waals surface area contributed by atoms with Gasteiger partial charge in [-0.15, -0.1) is 0 Å². The molecule has 0 saturated carbocycles. The van der Waals surface area contributed by atoms with Gasteiger partial charge in [-0.05, 0) is 92.9 Å². The number of aliphatic hydroxyl groups excluding tert-OH is 1. The van der Waals surface area contributed by atoms with E-state index in [4.69, 9.17) is 4.74 Å². The Labute approximate surface area is 149 Å². The third kappa shape index (κ3) is 6.06. The predicted molar refractivity (Wildman–Crippen MR) is 99.3 cm³/mol. The zero-order valence-electron chi connectivity index (χ0n) is 10.0. The van der Waals surface area contributed by atoms with Crippen LogP contribution in [0, 0.1) is 10.7 Å². The molecule has 1 atom stereocenters. The molecule has 0 saturated heterocycles. The lowest BCUT2D eigenvalue weighted by atomic mass is 10.3. The molecule has 0 heterocycles. The van der Waals surface area contributed by atoms with Crippen LogP contribution in [0.4, 0.5) is 0 Å². The summed E-state index contributed by atoms with van der Waals surface area (Å²) in [5.41, 5.74) is 0. The SMILES string of the molecule is CCCNCC(O)COc1c(I)cc(I)cc1I. The fourth-order valence-electron chi connectivity index (χ4n) is 1.35. The molecule has 1 rings (SSSR count). The number of benzene rings is 1. The molecule has 0 aliphatic carbocycles. The van der Waals surface area contributed by atoms with Gasteiger partial charge in [0.05, 0.1) is 7.14 Å². The highest BCUT2D eigenvalue weighted by molar-refractivity contribution is 14.1. The zero-order chi connectivity index (χ0) is 13.5. The van der Waals surface area contributed by atoms with Crippen molar-refractivity contribution in [3.05, 3.63) is 22.8 Å². The molecule has 2 N–H and O–H groups in total. The third-order valence-electron chi connectivity index (χ3n) is 2.19. The van der Waals surface area contributed by atoms with Gasteiger partial charge < -0.3 is 15.2 Å². The van der Waals surface area contributed by atoms with Crippen molar-refractivity contribution in [3.63, 3.8) is 0 Å². The van der Waals surface area contributed by atoms with Gasteiger partial charge in [0.25, 0.3) is 0 Å². The first kappa shape index (κ1) is 17.2. The summed E-state index contributed by atoms with van der Waals surface area (Å²) in [7, 11) is 0. The van der Waals surface area contributed by atoms with Crippen LogP contribution >= 0.6 is 67.8 Å². The van der Waals surface area contributed by atoms with Gasteiger partial charge in [0.15, 0.2) is 0 Å². The number of aliphatic hydroxyl groups is 1. The molecule has 0 fully saturated rings. The van der Waals surface area contributed by atoms with Gasteiger partial charge >= 0.3 is 0 Å². The molecule has 0 spiro atoms. The number of nitrogens with one attached hydrogen (secondary N) is 1. The van der Waals surface area contributed by atoms with E-state index in [-0.39, 0.29) is 0 Å². The van der Waals surface area contributed by atoms with Gasteiger partial charge in [-0.25, -0.2) is 0 Å². The van der Waals surface area contributed by atoms with Crippen molar-refractivity contribution in [1.82, 2.24) is 5.32 Å². The molecule has 0 amide bonds. The first-order valence-corrected chi connectivity index (χ1v) is 8.94. The van der Waals surface area contributed by atoms with Crippen molar-refractivity contribution in [2.24, 2.45) is 0 Å². The van der Waals surface area contributed by atoms with Gasteiger partial charge in [0.2, 0.25) is 0 Å². The molecule has 3 nitrogen and oxygen atoms in total. The van der Waals surface area contributed by atoms with Crippen LogP contribution in [0.5, 0.6) is 5.75 Å². The lowest BCUT2D eigenvalue weighted by Gasteiger charge is -2.15. The topological polar surface area (TPSA) is 41.5 Å². The van der Waals surface area contributed by atoms with Gasteiger partial charge in [0, 0.05) is 10.1 Å². The van der Waals surface area contributed by atoms with E-state index in [1.165, 1.54) is 3.57 Å². The van der Waals surface area contributed by atoms with Crippen LogP contribution in [0.2, 0.25) is 0 Å². The second kappa shape index (κ2) is 9.14. The molecule has 1 aromatic rings. The predicted octanol–water partition coefficient (Wildman–Crippen LogP) is 3.24. The van der Waals surface area contributed by atoms with E-state index in [2.05, 4.69) is 92.1 Å². The van der Waals surface area contributed by atoms with E-state index >= 15 is 0 Å². The number of rotatable bonds is 7. The maximum absolute atomic E-state index is 9.78. The summed E-state index contributed by atoms with van der Waals surface area (Å²) in [6, 6.07) is 4.14. The van der Waals surface area contributed by atoms with Crippen LogP contribution in [-0.4, -0.2) is 30.9 Å². The summed E-state index contributed by atoms with van der Waals surface area (Å²) in [4.78, 5) is 0. The van der Waals surface area contributed by atoms with E-state index in [1.807, 2.05) is 0 Å². The normalized spacial score (nSPS) is 12.5. The molecule has 6 heteroatoms. The van der Waals surface area contributed by atoms with Crippen molar-refractivity contribution in [2.75, 3.05) is 19.7 Å². The Morgan fingerprint density at radius 3 is 2.44 bits per heavy atom. The van der Waals surface area contributed by atoms with Crippen molar-refractivity contribution < 1.29 is 9.84 Å². The summed E-state index contributed by atoms with van der Waals surface area (Å²) in [6.07, 6.45) is 0.600. The molecule has 1 aromatic carbocycles. The van der Waals surface area contributed by atoms with E-state index < -0.39 is 6.10 Å². The van der Waals surface area contributed by atoms with Gasteiger partial charge in [-0.3, -0.25) is 0 Å². The van der Waals surface area contributed by atoms with Crippen LogP contribution in [0.15, 0.2) is 12.1 Å². The second-order valence-electron chi connectivity index (χ2n) is 3.87. The minimum absolute atomic E-state index is 0.323. The molecular formula is C12H16I3NO2. The lowest BCUT2D eigenvalue weighted by molar-refractivity contribution is 0.105. The molecule has 0 radical (unpaired) electrons. The Morgan fingerprint density at radius 2 is 1.89 bits per heavy atom. The zero-order valence-corrected chi connectivity index (χ0v) is 16.5. The molecule has 0 aromatic heterocycles. The standard InChI is InChI=1S/C12H16I3NO2/c1-2-3-16-6-9(17)7-18-12-10(14)4-8(13)5-11(12)15/h4-5,9,16-17H,2-3,6-7H2,1H3. The van der Waals surface area contributed by atoms with E-state index in [9.17, 15) is 5.11 Å². The molecule has 18 heavy (non-hydrogen) atoms. The van der Waals surface area contributed by atoms with Crippen LogP contribution in [0.1, 0.15) is 13.3 Å². The molecule has 102 valence electrons. The average molecular weight is 587 g/mol. The first-order valence-electron chi connectivity index (χ1n) is 5.70. The largest absolute Gasteiger partial charge is 0.489 e. The summed E-state index contributed by atoms with van der Waals surface area (Å²) in [5.74, 6) is 0.867. The smallest absolute Gasteiger partial charge is 0.146 e. The summed E-state index contributed by atoms with van der Waals surface area (Å²) >= 11 is 6.81. The van der Waals surface area contributed by atoms with Crippen molar-refractivity contribution in [2.45, 2.75) is 19.4 Å².